The highest BCUT2D eigenvalue weighted by molar-refractivity contribution is 5.75. The van der Waals surface area contributed by atoms with Crippen molar-refractivity contribution in [1.29, 1.82) is 0 Å². The van der Waals surface area contributed by atoms with Gasteiger partial charge in [-0.15, -0.1) is 0 Å². The number of carbonyl (C=O) groups excluding carboxylic acids is 1. The van der Waals surface area contributed by atoms with Gasteiger partial charge in [0.05, 0.1) is 12.2 Å². The highest BCUT2D eigenvalue weighted by Crippen LogP contribution is 2.30. The van der Waals surface area contributed by atoms with Crippen LogP contribution in [-0.4, -0.2) is 57.8 Å². The minimum absolute atomic E-state index is 0.126. The molecule has 0 unspecified atom stereocenters. The fourth-order valence-corrected chi connectivity index (χ4v) is 4.82. The van der Waals surface area contributed by atoms with Gasteiger partial charge >= 0.3 is 6.03 Å². The number of piperidine rings is 1. The Labute approximate surface area is 150 Å². The van der Waals surface area contributed by atoms with Gasteiger partial charge in [-0.1, -0.05) is 6.42 Å². The lowest BCUT2D eigenvalue weighted by Crippen LogP contribution is -2.49. The van der Waals surface area contributed by atoms with Crippen LogP contribution in [0.2, 0.25) is 0 Å². The number of nitrogens with one attached hydrogen (secondary N) is 1. The van der Waals surface area contributed by atoms with Crippen LogP contribution in [0.15, 0.2) is 6.20 Å². The number of rotatable bonds is 3. The van der Waals surface area contributed by atoms with Crippen molar-refractivity contribution in [2.45, 2.75) is 63.5 Å². The smallest absolute Gasteiger partial charge is 0.318 e. The Balaban J connectivity index is 1.38. The van der Waals surface area contributed by atoms with Crippen LogP contribution in [-0.2, 0) is 13.5 Å². The third-order valence-corrected chi connectivity index (χ3v) is 6.23. The number of likely N-dealkylation sites (tertiary alicyclic amines) is 2. The van der Waals surface area contributed by atoms with Gasteiger partial charge in [0.25, 0.3) is 0 Å². The number of carbonyl (C=O) groups is 1. The van der Waals surface area contributed by atoms with Crippen LogP contribution < -0.4 is 5.32 Å². The maximum absolute atomic E-state index is 13.0. The molecule has 1 aliphatic carbocycles. The molecule has 6 heteroatoms. The normalized spacial score (nSPS) is 27.3. The fourth-order valence-electron chi connectivity index (χ4n) is 4.82. The zero-order valence-corrected chi connectivity index (χ0v) is 15.4. The molecule has 3 heterocycles. The monoisotopic (exact) mass is 345 g/mol. The lowest BCUT2D eigenvalue weighted by molar-refractivity contribution is 0.151. The number of urea groups is 1. The molecule has 2 fully saturated rings. The number of hydrogen-bond donors (Lipinski definition) is 1. The maximum Gasteiger partial charge on any atom is 0.318 e. The molecule has 138 valence electrons. The first-order chi connectivity index (χ1) is 12.2. The highest BCUT2D eigenvalue weighted by atomic mass is 16.2. The van der Waals surface area contributed by atoms with Crippen LogP contribution in [0, 0.1) is 0 Å². The molecule has 2 saturated heterocycles. The van der Waals surface area contributed by atoms with E-state index in [1.807, 2.05) is 17.9 Å². The molecular weight excluding hydrogens is 314 g/mol. The molecule has 1 aromatic heterocycles. The van der Waals surface area contributed by atoms with Crippen molar-refractivity contribution in [2.24, 2.45) is 7.05 Å². The molecule has 4 rings (SSSR count). The molecule has 0 radical (unpaired) electrons. The molecule has 2 aliphatic heterocycles. The number of aryl methyl sites for hydroxylation is 1. The van der Waals surface area contributed by atoms with Crippen LogP contribution in [0.4, 0.5) is 4.79 Å². The van der Waals surface area contributed by atoms with Gasteiger partial charge in [0.15, 0.2) is 0 Å². The second-order valence-electron chi connectivity index (χ2n) is 7.92. The number of hydrogen-bond acceptors (Lipinski definition) is 3. The predicted molar refractivity (Wildman–Crippen MR) is 97.4 cm³/mol. The highest BCUT2D eigenvalue weighted by Gasteiger charge is 2.33. The lowest BCUT2D eigenvalue weighted by atomic mass is 9.93. The first-order valence-electron chi connectivity index (χ1n) is 10.0. The van der Waals surface area contributed by atoms with E-state index < -0.39 is 0 Å². The van der Waals surface area contributed by atoms with E-state index in [9.17, 15) is 4.79 Å². The molecule has 1 aromatic rings. The van der Waals surface area contributed by atoms with Crippen LogP contribution >= 0.6 is 0 Å². The Morgan fingerprint density at radius 2 is 2.00 bits per heavy atom. The average molecular weight is 345 g/mol. The molecule has 3 aliphatic rings. The van der Waals surface area contributed by atoms with Crippen molar-refractivity contribution in [3.05, 3.63) is 17.5 Å². The molecule has 0 saturated carbocycles. The Hall–Kier alpha value is -1.56. The summed E-state index contributed by atoms with van der Waals surface area (Å²) in [5, 5.41) is 7.70. The minimum Gasteiger partial charge on any atom is -0.331 e. The van der Waals surface area contributed by atoms with Gasteiger partial charge < -0.3 is 15.1 Å². The number of fused-ring (bicyclic) bond motifs is 1. The van der Waals surface area contributed by atoms with Gasteiger partial charge in [-0.2, -0.15) is 5.10 Å². The third-order valence-electron chi connectivity index (χ3n) is 6.23. The third kappa shape index (κ3) is 3.54. The second kappa shape index (κ2) is 7.36. The van der Waals surface area contributed by atoms with E-state index in [0.29, 0.717) is 6.04 Å². The van der Waals surface area contributed by atoms with E-state index in [2.05, 4.69) is 20.2 Å². The largest absolute Gasteiger partial charge is 0.331 e. The van der Waals surface area contributed by atoms with Gasteiger partial charge in [0, 0.05) is 37.4 Å². The predicted octanol–water partition coefficient (Wildman–Crippen LogP) is 2.46. The molecule has 2 amide bonds. The van der Waals surface area contributed by atoms with Crippen molar-refractivity contribution >= 4 is 6.03 Å². The molecule has 1 N–H and O–H groups in total. The Morgan fingerprint density at radius 1 is 1.16 bits per heavy atom. The van der Waals surface area contributed by atoms with Crippen LogP contribution in [0.3, 0.4) is 0 Å². The van der Waals surface area contributed by atoms with Gasteiger partial charge in [-0.05, 0) is 58.0 Å². The van der Waals surface area contributed by atoms with Crippen molar-refractivity contribution in [1.82, 2.24) is 24.9 Å². The van der Waals surface area contributed by atoms with Gasteiger partial charge in [-0.3, -0.25) is 4.68 Å². The summed E-state index contributed by atoms with van der Waals surface area (Å²) in [4.78, 5) is 17.6. The van der Waals surface area contributed by atoms with E-state index in [4.69, 9.17) is 0 Å². The fraction of sp³-hybridized carbons (Fsp3) is 0.789. The number of aromatic nitrogens is 2. The van der Waals surface area contributed by atoms with Crippen molar-refractivity contribution in [3.8, 4) is 0 Å². The summed E-state index contributed by atoms with van der Waals surface area (Å²) in [6.07, 6.45) is 11.4. The molecular formula is C19H31N5O. The van der Waals surface area contributed by atoms with Crippen LogP contribution in [0.25, 0.3) is 0 Å². The minimum atomic E-state index is 0.126. The summed E-state index contributed by atoms with van der Waals surface area (Å²) in [5.41, 5.74) is 2.50. The molecule has 0 aromatic carbocycles. The first kappa shape index (κ1) is 16.9. The van der Waals surface area contributed by atoms with Crippen LogP contribution in [0.1, 0.15) is 62.2 Å². The second-order valence-corrected chi connectivity index (χ2v) is 7.92. The van der Waals surface area contributed by atoms with E-state index in [0.717, 1.165) is 45.2 Å². The SMILES string of the molecule is Cn1ncc2c1CCC[C@@H]2NC(=O)N1CCC[C@@H]1CN1CCCCC1. The Kier molecular flexibility index (Phi) is 4.97. The van der Waals surface area contributed by atoms with Crippen molar-refractivity contribution in [3.63, 3.8) is 0 Å². The molecule has 0 spiro atoms. The Morgan fingerprint density at radius 3 is 2.84 bits per heavy atom. The van der Waals surface area contributed by atoms with Crippen molar-refractivity contribution < 1.29 is 4.79 Å². The average Bonchev–Trinajstić information content (AvgIpc) is 3.24. The molecule has 25 heavy (non-hydrogen) atoms. The quantitative estimate of drug-likeness (QED) is 0.915. The standard InChI is InChI=1S/C19H31N5O/c1-22-18-9-5-8-17(16(18)13-20-22)21-19(25)24-12-6-7-15(24)14-23-10-3-2-4-11-23/h13,15,17H,2-12,14H2,1H3,(H,21,25)/t15-,17+/m1/s1. The van der Waals surface area contributed by atoms with E-state index in [1.54, 1.807) is 0 Å². The summed E-state index contributed by atoms with van der Waals surface area (Å²) < 4.78 is 1.96. The zero-order valence-electron chi connectivity index (χ0n) is 15.4. The number of amides is 2. The molecule has 0 bridgehead atoms. The number of nitrogens with zero attached hydrogens (tertiary/aromatic N) is 4. The summed E-state index contributed by atoms with van der Waals surface area (Å²) in [6.45, 7) is 4.36. The van der Waals surface area contributed by atoms with Gasteiger partial charge in [-0.25, -0.2) is 4.79 Å². The molecule has 6 nitrogen and oxygen atoms in total. The molecule has 2 atom stereocenters. The van der Waals surface area contributed by atoms with Gasteiger partial charge in [0.2, 0.25) is 0 Å². The van der Waals surface area contributed by atoms with Gasteiger partial charge in [0.1, 0.15) is 0 Å². The van der Waals surface area contributed by atoms with E-state index in [-0.39, 0.29) is 12.1 Å². The van der Waals surface area contributed by atoms with Crippen LogP contribution in [0.5, 0.6) is 0 Å². The lowest BCUT2D eigenvalue weighted by Gasteiger charge is -2.34. The van der Waals surface area contributed by atoms with Crippen molar-refractivity contribution in [2.75, 3.05) is 26.2 Å². The summed E-state index contributed by atoms with van der Waals surface area (Å²) in [6, 6.07) is 0.637. The maximum atomic E-state index is 13.0. The first-order valence-corrected chi connectivity index (χ1v) is 10.0. The van der Waals surface area contributed by atoms with E-state index in [1.165, 1.54) is 43.6 Å². The van der Waals surface area contributed by atoms with E-state index >= 15 is 0 Å². The topological polar surface area (TPSA) is 53.4 Å². The summed E-state index contributed by atoms with van der Waals surface area (Å²) in [7, 11) is 2.00. The summed E-state index contributed by atoms with van der Waals surface area (Å²) in [5.74, 6) is 0. The summed E-state index contributed by atoms with van der Waals surface area (Å²) >= 11 is 0. The Bertz CT molecular complexity index is 607. The zero-order chi connectivity index (χ0) is 17.2.